The molecule has 3 aromatic rings. The van der Waals surface area contributed by atoms with Gasteiger partial charge in [-0.05, 0) is 54.1 Å². The molecule has 1 saturated heterocycles. The smallest absolute Gasteiger partial charge is 0.296 e. The number of rotatable bonds is 7. The average molecular weight is 450 g/mol. The van der Waals surface area contributed by atoms with Gasteiger partial charge < -0.3 is 19.2 Å². The van der Waals surface area contributed by atoms with Crippen LogP contribution in [0.3, 0.4) is 0 Å². The largest absolute Gasteiger partial charge is 0.507 e. The summed E-state index contributed by atoms with van der Waals surface area (Å²) in [6, 6.07) is 16.1. The van der Waals surface area contributed by atoms with Crippen molar-refractivity contribution in [3.8, 4) is 5.75 Å². The molecule has 32 heavy (non-hydrogen) atoms. The minimum absolute atomic E-state index is 0.0106. The van der Waals surface area contributed by atoms with Gasteiger partial charge in [-0.2, -0.15) is 0 Å². The van der Waals surface area contributed by atoms with E-state index in [0.717, 1.165) is 0 Å². The number of nitrogens with zero attached hydrogens (tertiary/aromatic N) is 1. The molecule has 7 heteroatoms. The Morgan fingerprint density at radius 3 is 2.59 bits per heavy atom. The molecule has 1 amide bonds. The molecule has 2 heterocycles. The molecule has 1 aromatic heterocycles. The number of carbonyl (C=O) groups is 2. The molecule has 0 bridgehead atoms. The molecule has 0 aliphatic carbocycles. The van der Waals surface area contributed by atoms with Gasteiger partial charge in [-0.1, -0.05) is 36.4 Å². The fraction of sp³-hybridized carbons (Fsp3) is 0.120. The number of furan rings is 1. The number of aliphatic hydroxyl groups excluding tert-OH is 1. The molecule has 0 unspecified atom stereocenters. The zero-order valence-electron chi connectivity index (χ0n) is 17.0. The van der Waals surface area contributed by atoms with Crippen molar-refractivity contribution in [1.29, 1.82) is 0 Å². The first-order chi connectivity index (χ1) is 15.5. The molecule has 1 fully saturated rings. The van der Waals surface area contributed by atoms with Gasteiger partial charge in [-0.15, -0.1) is 0 Å². The maximum atomic E-state index is 13.0. The zero-order valence-corrected chi connectivity index (χ0v) is 17.8. The van der Waals surface area contributed by atoms with Gasteiger partial charge in [0.1, 0.15) is 23.9 Å². The lowest BCUT2D eigenvalue weighted by atomic mass is 9.95. The van der Waals surface area contributed by atoms with Crippen LogP contribution in [0, 0.1) is 0 Å². The number of benzene rings is 2. The Morgan fingerprint density at radius 1 is 1.16 bits per heavy atom. The van der Waals surface area contributed by atoms with Crippen molar-refractivity contribution in [1.82, 2.24) is 4.90 Å². The molecule has 1 N–H and O–H groups in total. The second-order valence-electron chi connectivity index (χ2n) is 7.19. The van der Waals surface area contributed by atoms with E-state index in [-0.39, 0.29) is 17.9 Å². The first-order valence-corrected chi connectivity index (χ1v) is 10.3. The third-order valence-corrected chi connectivity index (χ3v) is 5.34. The molecule has 4 rings (SSSR count). The maximum Gasteiger partial charge on any atom is 0.296 e. The molecule has 1 aliphatic heterocycles. The monoisotopic (exact) mass is 449 g/mol. The van der Waals surface area contributed by atoms with Crippen LogP contribution in [0.2, 0.25) is 5.02 Å². The summed E-state index contributed by atoms with van der Waals surface area (Å²) in [6.45, 7) is 4.02. The van der Waals surface area contributed by atoms with Gasteiger partial charge in [0.15, 0.2) is 0 Å². The van der Waals surface area contributed by atoms with E-state index >= 15 is 0 Å². The first kappa shape index (κ1) is 21.5. The fourth-order valence-corrected chi connectivity index (χ4v) is 3.86. The van der Waals surface area contributed by atoms with E-state index in [1.165, 1.54) is 11.2 Å². The molecular formula is C25H20ClNO5. The van der Waals surface area contributed by atoms with Crippen LogP contribution in [0.4, 0.5) is 0 Å². The lowest BCUT2D eigenvalue weighted by Crippen LogP contribution is -2.29. The molecular weight excluding hydrogens is 430 g/mol. The summed E-state index contributed by atoms with van der Waals surface area (Å²) in [6.07, 6.45) is 3.12. The fourth-order valence-electron chi connectivity index (χ4n) is 3.66. The van der Waals surface area contributed by atoms with Crippen LogP contribution in [0.1, 0.15) is 22.9 Å². The molecule has 2 aromatic carbocycles. The minimum Gasteiger partial charge on any atom is -0.507 e. The highest BCUT2D eigenvalue weighted by Crippen LogP contribution is 2.41. The summed E-state index contributed by atoms with van der Waals surface area (Å²) in [4.78, 5) is 27.3. The predicted octanol–water partition coefficient (Wildman–Crippen LogP) is 5.12. The van der Waals surface area contributed by atoms with Crippen molar-refractivity contribution in [2.24, 2.45) is 0 Å². The molecule has 162 valence electrons. The van der Waals surface area contributed by atoms with Crippen LogP contribution in [0.15, 0.2) is 89.6 Å². The lowest BCUT2D eigenvalue weighted by molar-refractivity contribution is -0.140. The summed E-state index contributed by atoms with van der Waals surface area (Å²) in [5.74, 6) is -0.663. The number of Topliss-reactive ketones (excluding diaryl/α,β-unsaturated/α-hetero) is 1. The molecule has 1 atom stereocenters. The Kier molecular flexibility index (Phi) is 6.14. The van der Waals surface area contributed by atoms with Gasteiger partial charge >= 0.3 is 0 Å². The highest BCUT2D eigenvalue weighted by atomic mass is 35.5. The van der Waals surface area contributed by atoms with Crippen molar-refractivity contribution in [2.45, 2.75) is 12.6 Å². The molecule has 1 aliphatic rings. The van der Waals surface area contributed by atoms with E-state index in [1.54, 1.807) is 66.7 Å². The predicted molar refractivity (Wildman–Crippen MR) is 120 cm³/mol. The standard InChI is InChI=1S/C25H20ClNO5/c1-2-12-31-19-10-8-16(9-11-19)23(28)21-22(17-5-3-6-18(26)14-17)27(25(30)24(21)29)15-20-7-4-13-32-20/h2-11,13-14,22,28H,1,12,15H2/t22-/m1/s1. The van der Waals surface area contributed by atoms with Crippen LogP contribution >= 0.6 is 11.6 Å². The summed E-state index contributed by atoms with van der Waals surface area (Å²) in [7, 11) is 0. The van der Waals surface area contributed by atoms with E-state index in [2.05, 4.69) is 6.58 Å². The number of halogens is 1. The number of hydrogen-bond acceptors (Lipinski definition) is 5. The quantitative estimate of drug-likeness (QED) is 0.234. The molecule has 6 nitrogen and oxygen atoms in total. The van der Waals surface area contributed by atoms with E-state index < -0.39 is 17.7 Å². The zero-order chi connectivity index (χ0) is 22.7. The Bertz CT molecular complexity index is 1180. The van der Waals surface area contributed by atoms with E-state index in [1.807, 2.05) is 0 Å². The maximum absolute atomic E-state index is 13.0. The second-order valence-corrected chi connectivity index (χ2v) is 7.62. The van der Waals surface area contributed by atoms with Gasteiger partial charge in [0.2, 0.25) is 0 Å². The third kappa shape index (κ3) is 4.18. The Balaban J connectivity index is 1.79. The topological polar surface area (TPSA) is 80.0 Å². The first-order valence-electron chi connectivity index (χ1n) is 9.90. The van der Waals surface area contributed by atoms with Crippen LogP contribution < -0.4 is 4.74 Å². The molecule has 0 saturated carbocycles. The van der Waals surface area contributed by atoms with Crippen molar-refractivity contribution >= 4 is 29.1 Å². The minimum atomic E-state index is -0.824. The summed E-state index contributed by atoms with van der Waals surface area (Å²) in [5.41, 5.74) is 0.985. The van der Waals surface area contributed by atoms with Crippen molar-refractivity contribution < 1.29 is 23.8 Å². The second kappa shape index (κ2) is 9.16. The van der Waals surface area contributed by atoms with E-state index in [9.17, 15) is 14.7 Å². The lowest BCUT2D eigenvalue weighted by Gasteiger charge is -2.24. The van der Waals surface area contributed by atoms with Gasteiger partial charge in [0.05, 0.1) is 24.4 Å². The van der Waals surface area contributed by atoms with Crippen LogP contribution in [-0.2, 0) is 16.1 Å². The number of likely N-dealkylation sites (tertiary alicyclic amines) is 1. The van der Waals surface area contributed by atoms with Gasteiger partial charge in [0, 0.05) is 10.6 Å². The van der Waals surface area contributed by atoms with Gasteiger partial charge in [-0.3, -0.25) is 9.59 Å². The van der Waals surface area contributed by atoms with Gasteiger partial charge in [0.25, 0.3) is 11.7 Å². The van der Waals surface area contributed by atoms with Crippen LogP contribution in [0.5, 0.6) is 5.75 Å². The van der Waals surface area contributed by atoms with Gasteiger partial charge in [-0.25, -0.2) is 0 Å². The number of hydrogen-bond donors (Lipinski definition) is 1. The SMILES string of the molecule is C=CCOc1ccc(C(O)=C2C(=O)C(=O)N(Cc3ccco3)[C@@H]2c2cccc(Cl)c2)cc1. The Labute approximate surface area is 190 Å². The van der Waals surface area contributed by atoms with Crippen molar-refractivity contribution in [3.05, 3.63) is 107 Å². The van der Waals surface area contributed by atoms with Crippen molar-refractivity contribution in [3.63, 3.8) is 0 Å². The highest BCUT2D eigenvalue weighted by Gasteiger charge is 2.46. The number of carbonyl (C=O) groups excluding carboxylic acids is 2. The normalized spacial score (nSPS) is 17.5. The average Bonchev–Trinajstić information content (AvgIpc) is 3.40. The molecule has 0 radical (unpaired) electrons. The number of aliphatic hydroxyl groups is 1. The highest BCUT2D eigenvalue weighted by molar-refractivity contribution is 6.46. The summed E-state index contributed by atoms with van der Waals surface area (Å²) < 4.78 is 10.8. The summed E-state index contributed by atoms with van der Waals surface area (Å²) in [5, 5.41) is 11.5. The number of ether oxygens (including phenoxy) is 1. The number of amides is 1. The van der Waals surface area contributed by atoms with E-state index in [0.29, 0.717) is 34.3 Å². The third-order valence-electron chi connectivity index (χ3n) is 5.11. The van der Waals surface area contributed by atoms with E-state index in [4.69, 9.17) is 20.8 Å². The number of ketones is 1. The molecule has 0 spiro atoms. The van der Waals surface area contributed by atoms with Crippen molar-refractivity contribution in [2.75, 3.05) is 6.61 Å². The Morgan fingerprint density at radius 2 is 1.94 bits per heavy atom. The van der Waals surface area contributed by atoms with Crippen LogP contribution in [0.25, 0.3) is 5.76 Å². The van der Waals surface area contributed by atoms with Crippen LogP contribution in [-0.4, -0.2) is 28.3 Å². The Hall–Kier alpha value is -3.77. The summed E-state index contributed by atoms with van der Waals surface area (Å²) >= 11 is 6.18.